The number of ketones is 1. The molecule has 1 aliphatic carbocycles. The van der Waals surface area contributed by atoms with Crippen molar-refractivity contribution in [2.24, 2.45) is 0 Å². The average molecular weight is 291 g/mol. The van der Waals surface area contributed by atoms with E-state index in [4.69, 9.17) is 0 Å². The largest absolute Gasteiger partial charge is 0.454 e. The molecule has 5 heteroatoms. The van der Waals surface area contributed by atoms with E-state index in [2.05, 4.69) is 15.9 Å². The fourth-order valence-corrected chi connectivity index (χ4v) is 2.09. The first-order chi connectivity index (χ1) is 7.39. The standard InChI is InChI=1S/C11H6BrF3O/c12-7-2-4-8-6(5-7)1-3-9(8)10(16)11(13,14)15/h2-5H,1H2. The molecule has 0 N–H and O–H groups in total. The number of carbonyl (C=O) groups excluding carboxylic acids is 1. The second kappa shape index (κ2) is 3.73. The number of hydrogen-bond donors (Lipinski definition) is 0. The summed E-state index contributed by atoms with van der Waals surface area (Å²) in [5.41, 5.74) is 0.877. The molecule has 1 aromatic carbocycles. The molecule has 2 rings (SSSR count). The molecule has 0 aliphatic heterocycles. The molecule has 0 spiro atoms. The lowest BCUT2D eigenvalue weighted by Gasteiger charge is -2.07. The van der Waals surface area contributed by atoms with Crippen molar-refractivity contribution in [2.45, 2.75) is 12.6 Å². The molecule has 0 aromatic heterocycles. The molecule has 0 unspecified atom stereocenters. The molecule has 0 bridgehead atoms. The lowest BCUT2D eigenvalue weighted by molar-refractivity contribution is -0.164. The van der Waals surface area contributed by atoms with Crippen LogP contribution in [0, 0.1) is 0 Å². The molecule has 84 valence electrons. The van der Waals surface area contributed by atoms with Crippen LogP contribution in [0.25, 0.3) is 5.57 Å². The summed E-state index contributed by atoms with van der Waals surface area (Å²) in [6, 6.07) is 4.88. The van der Waals surface area contributed by atoms with Gasteiger partial charge in [0, 0.05) is 10.0 Å². The van der Waals surface area contributed by atoms with Gasteiger partial charge in [-0.05, 0) is 29.7 Å². The topological polar surface area (TPSA) is 17.1 Å². The number of halogens is 4. The zero-order valence-electron chi connectivity index (χ0n) is 7.94. The molecule has 1 aliphatic rings. The highest BCUT2D eigenvalue weighted by Crippen LogP contribution is 2.34. The molecule has 0 atom stereocenters. The Morgan fingerprint density at radius 2 is 2.00 bits per heavy atom. The smallest absolute Gasteiger partial charge is 0.284 e. The Balaban J connectivity index is 2.41. The van der Waals surface area contributed by atoms with Gasteiger partial charge in [-0.3, -0.25) is 4.79 Å². The van der Waals surface area contributed by atoms with E-state index in [1.165, 1.54) is 12.1 Å². The van der Waals surface area contributed by atoms with Gasteiger partial charge in [0.1, 0.15) is 0 Å². The van der Waals surface area contributed by atoms with Gasteiger partial charge >= 0.3 is 6.18 Å². The van der Waals surface area contributed by atoms with Gasteiger partial charge in [-0.2, -0.15) is 13.2 Å². The van der Waals surface area contributed by atoms with Crippen LogP contribution < -0.4 is 0 Å². The van der Waals surface area contributed by atoms with Crippen molar-refractivity contribution in [3.63, 3.8) is 0 Å². The Bertz CT molecular complexity index is 488. The third kappa shape index (κ3) is 1.91. The molecule has 1 aromatic rings. The number of carbonyl (C=O) groups is 1. The molecule has 1 nitrogen and oxygen atoms in total. The van der Waals surface area contributed by atoms with Gasteiger partial charge in [-0.15, -0.1) is 0 Å². The Morgan fingerprint density at radius 3 is 2.62 bits per heavy atom. The van der Waals surface area contributed by atoms with Gasteiger partial charge in [-0.1, -0.05) is 28.1 Å². The first-order valence-electron chi connectivity index (χ1n) is 4.50. The van der Waals surface area contributed by atoms with Crippen molar-refractivity contribution in [1.82, 2.24) is 0 Å². The number of hydrogen-bond acceptors (Lipinski definition) is 1. The van der Waals surface area contributed by atoms with Crippen LogP contribution in [-0.4, -0.2) is 12.0 Å². The quantitative estimate of drug-likeness (QED) is 0.773. The van der Waals surface area contributed by atoms with E-state index in [0.29, 0.717) is 12.0 Å². The van der Waals surface area contributed by atoms with Crippen LogP contribution in [0.2, 0.25) is 0 Å². The van der Waals surface area contributed by atoms with E-state index >= 15 is 0 Å². The SMILES string of the molecule is O=C(C1=CCc2cc(Br)ccc21)C(F)(F)F. The van der Waals surface area contributed by atoms with Crippen molar-refractivity contribution in [3.05, 3.63) is 39.9 Å². The summed E-state index contributed by atoms with van der Waals surface area (Å²) in [7, 11) is 0. The van der Waals surface area contributed by atoms with Crippen LogP contribution in [0.4, 0.5) is 13.2 Å². The van der Waals surface area contributed by atoms with Gasteiger partial charge in [0.25, 0.3) is 5.78 Å². The molecule has 0 amide bonds. The van der Waals surface area contributed by atoms with Crippen LogP contribution in [0.1, 0.15) is 11.1 Å². The van der Waals surface area contributed by atoms with Crippen molar-refractivity contribution in [1.29, 1.82) is 0 Å². The summed E-state index contributed by atoms with van der Waals surface area (Å²) in [5.74, 6) is -1.77. The minimum absolute atomic E-state index is 0.241. The molecular formula is C11H6BrF3O. The lowest BCUT2D eigenvalue weighted by Crippen LogP contribution is -2.23. The van der Waals surface area contributed by atoms with E-state index < -0.39 is 12.0 Å². The lowest BCUT2D eigenvalue weighted by atomic mass is 10.0. The van der Waals surface area contributed by atoms with E-state index in [1.54, 1.807) is 12.1 Å². The van der Waals surface area contributed by atoms with E-state index in [-0.39, 0.29) is 5.57 Å². The zero-order chi connectivity index (χ0) is 11.9. The molecule has 0 saturated heterocycles. The Kier molecular flexibility index (Phi) is 2.66. The van der Waals surface area contributed by atoms with Crippen LogP contribution in [0.15, 0.2) is 28.7 Å². The summed E-state index contributed by atoms with van der Waals surface area (Å²) >= 11 is 3.23. The maximum Gasteiger partial charge on any atom is 0.454 e. The predicted molar refractivity (Wildman–Crippen MR) is 56.9 cm³/mol. The maximum absolute atomic E-state index is 12.3. The summed E-state index contributed by atoms with van der Waals surface area (Å²) < 4.78 is 37.6. The first kappa shape index (κ1) is 11.4. The summed E-state index contributed by atoms with van der Waals surface area (Å²) in [6.07, 6.45) is -3.11. The van der Waals surface area contributed by atoms with Crippen LogP contribution in [-0.2, 0) is 11.2 Å². The second-order valence-electron chi connectivity index (χ2n) is 3.45. The normalized spacial score (nSPS) is 14.6. The van der Waals surface area contributed by atoms with Gasteiger partial charge in [0.15, 0.2) is 0 Å². The number of rotatable bonds is 1. The van der Waals surface area contributed by atoms with Gasteiger partial charge in [-0.25, -0.2) is 0 Å². The summed E-state index contributed by atoms with van der Waals surface area (Å²) in [6.45, 7) is 0. The third-order valence-corrected chi connectivity index (χ3v) is 2.88. The fourth-order valence-electron chi connectivity index (χ4n) is 1.68. The third-order valence-electron chi connectivity index (χ3n) is 2.39. The highest BCUT2D eigenvalue weighted by Gasteiger charge is 2.42. The van der Waals surface area contributed by atoms with Crippen molar-refractivity contribution in [3.8, 4) is 0 Å². The fraction of sp³-hybridized carbons (Fsp3) is 0.182. The highest BCUT2D eigenvalue weighted by atomic mass is 79.9. The number of benzene rings is 1. The van der Waals surface area contributed by atoms with Crippen LogP contribution >= 0.6 is 15.9 Å². The van der Waals surface area contributed by atoms with Crippen LogP contribution in [0.5, 0.6) is 0 Å². The van der Waals surface area contributed by atoms with Gasteiger partial charge in [0.2, 0.25) is 0 Å². The Labute approximate surface area is 98.1 Å². The van der Waals surface area contributed by atoms with Gasteiger partial charge in [0.05, 0.1) is 0 Å². The monoisotopic (exact) mass is 290 g/mol. The predicted octanol–water partition coefficient (Wildman–Crippen LogP) is 3.52. The number of fused-ring (bicyclic) bond motifs is 1. The molecule has 16 heavy (non-hydrogen) atoms. The van der Waals surface area contributed by atoms with Crippen molar-refractivity contribution < 1.29 is 18.0 Å². The molecule has 0 radical (unpaired) electrons. The molecule has 0 heterocycles. The second-order valence-corrected chi connectivity index (χ2v) is 4.37. The van der Waals surface area contributed by atoms with E-state index in [0.717, 1.165) is 10.0 Å². The number of alkyl halides is 3. The summed E-state index contributed by atoms with van der Waals surface area (Å²) in [5, 5.41) is 0. The minimum atomic E-state index is -4.81. The highest BCUT2D eigenvalue weighted by molar-refractivity contribution is 9.10. The van der Waals surface area contributed by atoms with Crippen molar-refractivity contribution in [2.75, 3.05) is 0 Å². The Morgan fingerprint density at radius 1 is 1.31 bits per heavy atom. The number of Topliss-reactive ketones (excluding diaryl/α,β-unsaturated/α-hetero) is 1. The average Bonchev–Trinajstić information content (AvgIpc) is 2.57. The number of allylic oxidation sites excluding steroid dienone is 2. The minimum Gasteiger partial charge on any atom is -0.284 e. The molecule has 0 saturated carbocycles. The van der Waals surface area contributed by atoms with E-state index in [1.807, 2.05) is 0 Å². The van der Waals surface area contributed by atoms with Crippen molar-refractivity contribution >= 4 is 27.3 Å². The van der Waals surface area contributed by atoms with Crippen LogP contribution in [0.3, 0.4) is 0 Å². The Hall–Kier alpha value is -1.10. The molecular weight excluding hydrogens is 285 g/mol. The summed E-state index contributed by atoms with van der Waals surface area (Å²) in [4.78, 5) is 11.1. The van der Waals surface area contributed by atoms with Gasteiger partial charge < -0.3 is 0 Å². The maximum atomic E-state index is 12.3. The van der Waals surface area contributed by atoms with E-state index in [9.17, 15) is 18.0 Å². The zero-order valence-corrected chi connectivity index (χ0v) is 9.52. The first-order valence-corrected chi connectivity index (χ1v) is 5.29. The molecule has 0 fully saturated rings.